The molecule has 1 aromatic rings. The van der Waals surface area contributed by atoms with Crippen molar-refractivity contribution in [3.8, 4) is 0 Å². The summed E-state index contributed by atoms with van der Waals surface area (Å²) in [6.45, 7) is 1.76. The van der Waals surface area contributed by atoms with E-state index in [1.54, 1.807) is 24.8 Å². The summed E-state index contributed by atoms with van der Waals surface area (Å²) in [5, 5.41) is 14.1. The molecule has 6 heteroatoms. The minimum atomic E-state index is -0.436. The number of non-ortho nitro benzene ring substituents is 1. The van der Waals surface area contributed by atoms with E-state index in [0.717, 1.165) is 0 Å². The number of hydrogen-bond donors (Lipinski definition) is 1. The van der Waals surface area contributed by atoms with Crippen molar-refractivity contribution in [3.63, 3.8) is 0 Å². The van der Waals surface area contributed by atoms with Crippen LogP contribution in [0.3, 0.4) is 0 Å². The molecule has 0 saturated heterocycles. The van der Waals surface area contributed by atoms with Crippen LogP contribution in [-0.2, 0) is 4.79 Å². The molecule has 0 aliphatic heterocycles. The fourth-order valence-electron chi connectivity index (χ4n) is 2.34. The quantitative estimate of drug-likeness (QED) is 0.666. The number of nitro benzene ring substituents is 1. The average Bonchev–Trinajstić information content (AvgIpc) is 2.91. The first-order valence-corrected chi connectivity index (χ1v) is 7.77. The highest BCUT2D eigenvalue weighted by Gasteiger charge is 2.17. The Balaban J connectivity index is 1.88. The zero-order valence-electron chi connectivity index (χ0n) is 11.4. The van der Waals surface area contributed by atoms with Crippen LogP contribution >= 0.6 is 11.8 Å². The van der Waals surface area contributed by atoms with Crippen molar-refractivity contribution in [2.75, 3.05) is 11.1 Å². The number of aryl methyl sites for hydroxylation is 1. The number of nitro groups is 1. The molecule has 20 heavy (non-hydrogen) atoms. The van der Waals surface area contributed by atoms with Gasteiger partial charge >= 0.3 is 0 Å². The molecular weight excluding hydrogens is 276 g/mol. The molecule has 0 unspecified atom stereocenters. The van der Waals surface area contributed by atoms with E-state index in [1.807, 2.05) is 0 Å². The highest BCUT2D eigenvalue weighted by atomic mass is 32.2. The normalized spacial score (nSPS) is 15.2. The lowest BCUT2D eigenvalue weighted by Crippen LogP contribution is -2.16. The number of rotatable bonds is 5. The first kappa shape index (κ1) is 14.8. The summed E-state index contributed by atoms with van der Waals surface area (Å²) in [7, 11) is 0. The van der Waals surface area contributed by atoms with Gasteiger partial charge in [-0.15, -0.1) is 11.8 Å². The fourth-order valence-corrected chi connectivity index (χ4v) is 3.46. The molecule has 0 bridgehead atoms. The Labute approximate surface area is 122 Å². The lowest BCUT2D eigenvalue weighted by molar-refractivity contribution is -0.384. The summed E-state index contributed by atoms with van der Waals surface area (Å²) < 4.78 is 0. The number of nitrogens with one attached hydrogen (secondary N) is 1. The van der Waals surface area contributed by atoms with Gasteiger partial charge in [-0.2, -0.15) is 0 Å². The molecule has 0 radical (unpaired) electrons. The van der Waals surface area contributed by atoms with Crippen molar-refractivity contribution in [3.05, 3.63) is 33.9 Å². The van der Waals surface area contributed by atoms with Crippen LogP contribution in [0, 0.1) is 17.0 Å². The summed E-state index contributed by atoms with van der Waals surface area (Å²) in [4.78, 5) is 22.1. The molecule has 1 N–H and O–H groups in total. The number of benzene rings is 1. The van der Waals surface area contributed by atoms with Crippen molar-refractivity contribution >= 4 is 29.0 Å². The van der Waals surface area contributed by atoms with Crippen molar-refractivity contribution in [2.24, 2.45) is 0 Å². The molecule has 108 valence electrons. The van der Waals surface area contributed by atoms with Crippen molar-refractivity contribution in [1.29, 1.82) is 0 Å². The van der Waals surface area contributed by atoms with Gasteiger partial charge in [-0.3, -0.25) is 14.9 Å². The first-order chi connectivity index (χ1) is 9.56. The summed E-state index contributed by atoms with van der Waals surface area (Å²) in [5.74, 6) is 0.403. The molecule has 1 amide bonds. The number of nitrogens with zero attached hydrogens (tertiary/aromatic N) is 1. The Morgan fingerprint density at radius 1 is 1.45 bits per heavy atom. The molecular formula is C14H18N2O3S. The van der Waals surface area contributed by atoms with Crippen molar-refractivity contribution in [1.82, 2.24) is 0 Å². The second-order valence-corrected chi connectivity index (χ2v) is 6.31. The minimum absolute atomic E-state index is 0.0424. The first-order valence-electron chi connectivity index (χ1n) is 6.73. The molecule has 0 atom stereocenters. The predicted molar refractivity (Wildman–Crippen MR) is 81.2 cm³/mol. The van der Waals surface area contributed by atoms with Crippen molar-refractivity contribution < 1.29 is 9.72 Å². The highest BCUT2D eigenvalue weighted by molar-refractivity contribution is 8.00. The number of carbonyl (C=O) groups is 1. The van der Waals surface area contributed by atoms with E-state index in [-0.39, 0.29) is 11.6 Å². The fraction of sp³-hybridized carbons (Fsp3) is 0.500. The third-order valence-corrected chi connectivity index (χ3v) is 4.82. The molecule has 0 heterocycles. The number of amides is 1. The van der Waals surface area contributed by atoms with E-state index in [2.05, 4.69) is 5.32 Å². The Hall–Kier alpha value is -1.56. The van der Waals surface area contributed by atoms with Crippen LogP contribution in [-0.4, -0.2) is 21.8 Å². The number of thioether (sulfide) groups is 1. The second-order valence-electron chi connectivity index (χ2n) is 5.02. The zero-order valence-corrected chi connectivity index (χ0v) is 12.2. The molecule has 1 fully saturated rings. The van der Waals surface area contributed by atoms with E-state index in [0.29, 0.717) is 22.3 Å². The van der Waals surface area contributed by atoms with Crippen LogP contribution in [0.2, 0.25) is 0 Å². The van der Waals surface area contributed by atoms with Gasteiger partial charge in [-0.25, -0.2) is 0 Å². The molecule has 0 spiro atoms. The topological polar surface area (TPSA) is 72.2 Å². The van der Waals surface area contributed by atoms with Gasteiger partial charge in [0.1, 0.15) is 0 Å². The van der Waals surface area contributed by atoms with E-state index in [4.69, 9.17) is 0 Å². The maximum Gasteiger partial charge on any atom is 0.269 e. The van der Waals surface area contributed by atoms with Gasteiger partial charge < -0.3 is 5.32 Å². The monoisotopic (exact) mass is 294 g/mol. The van der Waals surface area contributed by atoms with E-state index < -0.39 is 4.92 Å². The molecule has 1 aliphatic carbocycles. The largest absolute Gasteiger partial charge is 0.325 e. The Bertz CT molecular complexity index is 513. The lowest BCUT2D eigenvalue weighted by Gasteiger charge is -2.10. The maximum atomic E-state index is 11.9. The van der Waals surface area contributed by atoms with Crippen LogP contribution in [0.4, 0.5) is 11.4 Å². The number of hydrogen-bond acceptors (Lipinski definition) is 4. The molecule has 1 saturated carbocycles. The average molecular weight is 294 g/mol. The molecule has 1 aliphatic rings. The maximum absolute atomic E-state index is 11.9. The van der Waals surface area contributed by atoms with Crippen LogP contribution in [0.25, 0.3) is 0 Å². The van der Waals surface area contributed by atoms with E-state index >= 15 is 0 Å². The lowest BCUT2D eigenvalue weighted by atomic mass is 10.2. The van der Waals surface area contributed by atoms with Crippen LogP contribution in [0.1, 0.15) is 31.2 Å². The summed E-state index contributed by atoms with van der Waals surface area (Å²) in [5.41, 5.74) is 1.40. The third-order valence-electron chi connectivity index (χ3n) is 3.45. The standard InChI is InChI=1S/C14H18N2O3S/c1-10-8-11(16(18)19)6-7-13(10)15-14(17)9-20-12-4-2-3-5-12/h6-8,12H,2-5,9H2,1H3,(H,15,17). The SMILES string of the molecule is Cc1cc([N+](=O)[O-])ccc1NC(=O)CSC1CCCC1. The number of anilines is 1. The third kappa shape index (κ3) is 3.96. The van der Waals surface area contributed by atoms with Gasteiger partial charge in [0.2, 0.25) is 5.91 Å². The molecule has 0 aromatic heterocycles. The Kier molecular flexibility index (Phi) is 5.00. The Morgan fingerprint density at radius 3 is 2.75 bits per heavy atom. The van der Waals surface area contributed by atoms with E-state index in [9.17, 15) is 14.9 Å². The minimum Gasteiger partial charge on any atom is -0.325 e. The van der Waals surface area contributed by atoms with Gasteiger partial charge in [-0.05, 0) is 31.4 Å². The van der Waals surface area contributed by atoms with Gasteiger partial charge in [0.15, 0.2) is 0 Å². The summed E-state index contributed by atoms with van der Waals surface area (Å²) >= 11 is 1.71. The second kappa shape index (κ2) is 6.74. The summed E-state index contributed by atoms with van der Waals surface area (Å²) in [6.07, 6.45) is 4.94. The van der Waals surface area contributed by atoms with Crippen LogP contribution in [0.15, 0.2) is 18.2 Å². The smallest absolute Gasteiger partial charge is 0.269 e. The van der Waals surface area contributed by atoms with E-state index in [1.165, 1.54) is 37.8 Å². The highest BCUT2D eigenvalue weighted by Crippen LogP contribution is 2.29. The predicted octanol–water partition coefficient (Wildman–Crippen LogP) is 3.52. The van der Waals surface area contributed by atoms with Gasteiger partial charge in [-0.1, -0.05) is 12.8 Å². The molecule has 2 rings (SSSR count). The number of carbonyl (C=O) groups excluding carboxylic acids is 1. The van der Waals surface area contributed by atoms with Crippen LogP contribution in [0.5, 0.6) is 0 Å². The molecule has 5 nitrogen and oxygen atoms in total. The summed E-state index contributed by atoms with van der Waals surface area (Å²) in [6, 6.07) is 4.47. The van der Waals surface area contributed by atoms with Crippen LogP contribution < -0.4 is 5.32 Å². The van der Waals surface area contributed by atoms with Gasteiger partial charge in [0, 0.05) is 23.1 Å². The zero-order chi connectivity index (χ0) is 14.5. The van der Waals surface area contributed by atoms with Gasteiger partial charge in [0.25, 0.3) is 5.69 Å². The van der Waals surface area contributed by atoms with Crippen molar-refractivity contribution in [2.45, 2.75) is 37.9 Å². The molecule has 1 aromatic carbocycles. The Morgan fingerprint density at radius 2 is 2.15 bits per heavy atom. The van der Waals surface area contributed by atoms with Gasteiger partial charge in [0.05, 0.1) is 10.7 Å².